The normalized spacial score (nSPS) is 10.6. The predicted molar refractivity (Wildman–Crippen MR) is 89.4 cm³/mol. The monoisotopic (exact) mass is 336 g/mol. The number of hydrogen-bond donors (Lipinski definition) is 1. The summed E-state index contributed by atoms with van der Waals surface area (Å²) in [5.41, 5.74) is 1.60. The van der Waals surface area contributed by atoms with Crippen LogP contribution < -0.4 is 5.32 Å². The molecule has 2 aromatic carbocycles. The highest BCUT2D eigenvalue weighted by molar-refractivity contribution is 6.42. The van der Waals surface area contributed by atoms with Crippen LogP contribution in [0.4, 0.5) is 5.69 Å². The SMILES string of the molecule is O=C(C/C=N\OCc1ccc(Cl)c(Cl)c1)Nc1ccccc1. The number of anilines is 1. The average molecular weight is 337 g/mol. The molecule has 0 aliphatic rings. The molecule has 4 nitrogen and oxygen atoms in total. The van der Waals surface area contributed by atoms with Crippen LogP contribution >= 0.6 is 23.2 Å². The van der Waals surface area contributed by atoms with Gasteiger partial charge in [0.05, 0.1) is 22.7 Å². The van der Waals surface area contributed by atoms with E-state index in [1.807, 2.05) is 30.3 Å². The quantitative estimate of drug-likeness (QED) is 0.622. The largest absolute Gasteiger partial charge is 0.391 e. The highest BCUT2D eigenvalue weighted by Gasteiger charge is 2.01. The summed E-state index contributed by atoms with van der Waals surface area (Å²) in [6, 6.07) is 14.4. The van der Waals surface area contributed by atoms with Crippen LogP contribution in [0.15, 0.2) is 53.7 Å². The van der Waals surface area contributed by atoms with Crippen LogP contribution in [-0.4, -0.2) is 12.1 Å². The van der Waals surface area contributed by atoms with E-state index in [1.165, 1.54) is 6.21 Å². The Morgan fingerprint density at radius 3 is 2.64 bits per heavy atom. The zero-order valence-corrected chi connectivity index (χ0v) is 13.1. The summed E-state index contributed by atoms with van der Waals surface area (Å²) in [5, 5.41) is 7.44. The molecule has 0 spiro atoms. The van der Waals surface area contributed by atoms with Gasteiger partial charge in [0, 0.05) is 5.69 Å². The van der Waals surface area contributed by atoms with E-state index in [2.05, 4.69) is 10.5 Å². The van der Waals surface area contributed by atoms with Gasteiger partial charge in [0.15, 0.2) is 0 Å². The van der Waals surface area contributed by atoms with Crippen molar-refractivity contribution in [3.05, 3.63) is 64.1 Å². The van der Waals surface area contributed by atoms with Crippen LogP contribution in [0.1, 0.15) is 12.0 Å². The minimum Gasteiger partial charge on any atom is -0.391 e. The summed E-state index contributed by atoms with van der Waals surface area (Å²) in [7, 11) is 0. The third-order valence-electron chi connectivity index (χ3n) is 2.70. The van der Waals surface area contributed by atoms with Gasteiger partial charge >= 0.3 is 0 Å². The minimum absolute atomic E-state index is 0.135. The molecule has 1 amide bonds. The van der Waals surface area contributed by atoms with Gasteiger partial charge in [-0.3, -0.25) is 4.79 Å². The summed E-state index contributed by atoms with van der Waals surface area (Å²) in [6.45, 7) is 0.258. The number of halogens is 2. The molecule has 0 saturated carbocycles. The number of rotatable bonds is 6. The van der Waals surface area contributed by atoms with Crippen molar-refractivity contribution in [3.63, 3.8) is 0 Å². The smallest absolute Gasteiger partial charge is 0.229 e. The topological polar surface area (TPSA) is 50.7 Å². The van der Waals surface area contributed by atoms with E-state index >= 15 is 0 Å². The second kappa shape index (κ2) is 8.41. The van der Waals surface area contributed by atoms with Crippen LogP contribution in [0.5, 0.6) is 0 Å². The highest BCUT2D eigenvalue weighted by Crippen LogP contribution is 2.22. The van der Waals surface area contributed by atoms with Crippen molar-refractivity contribution in [3.8, 4) is 0 Å². The third kappa shape index (κ3) is 5.39. The Hall–Kier alpha value is -2.04. The van der Waals surface area contributed by atoms with Crippen molar-refractivity contribution in [2.45, 2.75) is 13.0 Å². The van der Waals surface area contributed by atoms with E-state index in [9.17, 15) is 4.79 Å². The molecule has 0 saturated heterocycles. The Morgan fingerprint density at radius 2 is 1.91 bits per heavy atom. The number of benzene rings is 2. The molecule has 0 unspecified atom stereocenters. The lowest BCUT2D eigenvalue weighted by Crippen LogP contribution is -2.11. The first-order chi connectivity index (χ1) is 10.6. The molecule has 2 rings (SSSR count). The fourth-order valence-electron chi connectivity index (χ4n) is 1.65. The molecule has 2 aromatic rings. The molecule has 22 heavy (non-hydrogen) atoms. The molecule has 0 aliphatic carbocycles. The van der Waals surface area contributed by atoms with E-state index in [1.54, 1.807) is 18.2 Å². The Kier molecular flexibility index (Phi) is 6.25. The number of carbonyl (C=O) groups is 1. The van der Waals surface area contributed by atoms with E-state index in [0.29, 0.717) is 10.0 Å². The average Bonchev–Trinajstić information content (AvgIpc) is 2.51. The van der Waals surface area contributed by atoms with Crippen molar-refractivity contribution >= 4 is 41.0 Å². The molecule has 1 N–H and O–H groups in total. The maximum atomic E-state index is 11.6. The lowest BCUT2D eigenvalue weighted by atomic mass is 10.2. The molecule has 0 atom stereocenters. The van der Waals surface area contributed by atoms with Gasteiger partial charge in [-0.05, 0) is 29.8 Å². The van der Waals surface area contributed by atoms with Crippen molar-refractivity contribution in [2.75, 3.05) is 5.32 Å². The van der Waals surface area contributed by atoms with Gasteiger partial charge in [-0.1, -0.05) is 52.6 Å². The van der Waals surface area contributed by atoms with E-state index in [0.717, 1.165) is 11.3 Å². The standard InChI is InChI=1S/C16H14Cl2N2O2/c17-14-7-6-12(10-15(14)18)11-22-19-9-8-16(21)20-13-4-2-1-3-5-13/h1-7,9-10H,8,11H2,(H,20,21)/b19-9-. The third-order valence-corrected chi connectivity index (χ3v) is 3.44. The number of oxime groups is 1. The first-order valence-corrected chi connectivity index (χ1v) is 7.33. The van der Waals surface area contributed by atoms with Gasteiger partial charge in [0.2, 0.25) is 5.91 Å². The van der Waals surface area contributed by atoms with Crippen LogP contribution in [0.3, 0.4) is 0 Å². The summed E-state index contributed by atoms with van der Waals surface area (Å²) in [5.74, 6) is -0.159. The summed E-state index contributed by atoms with van der Waals surface area (Å²) in [6.07, 6.45) is 1.55. The molecule has 114 valence electrons. The number of amides is 1. The van der Waals surface area contributed by atoms with Crippen LogP contribution in [0.25, 0.3) is 0 Å². The molecule has 0 radical (unpaired) electrons. The van der Waals surface area contributed by atoms with Gasteiger partial charge in [0.1, 0.15) is 6.61 Å². The van der Waals surface area contributed by atoms with Crippen molar-refractivity contribution in [1.82, 2.24) is 0 Å². The lowest BCUT2D eigenvalue weighted by molar-refractivity contribution is -0.115. The summed E-state index contributed by atoms with van der Waals surface area (Å²) in [4.78, 5) is 16.7. The van der Waals surface area contributed by atoms with Crippen molar-refractivity contribution < 1.29 is 9.63 Å². The second-order valence-electron chi connectivity index (χ2n) is 4.43. The zero-order valence-electron chi connectivity index (χ0n) is 11.6. The first-order valence-electron chi connectivity index (χ1n) is 6.58. The maximum absolute atomic E-state index is 11.6. The Morgan fingerprint density at radius 1 is 1.14 bits per heavy atom. The zero-order chi connectivity index (χ0) is 15.8. The first kappa shape index (κ1) is 16.3. The number of nitrogens with one attached hydrogen (secondary N) is 1. The molecule has 0 aliphatic heterocycles. The number of carbonyl (C=O) groups excluding carboxylic acids is 1. The fourth-order valence-corrected chi connectivity index (χ4v) is 1.97. The van der Waals surface area contributed by atoms with Gasteiger partial charge in [-0.25, -0.2) is 0 Å². The van der Waals surface area contributed by atoms with Crippen molar-refractivity contribution in [2.24, 2.45) is 5.16 Å². The predicted octanol–water partition coefficient (Wildman–Crippen LogP) is 4.52. The van der Waals surface area contributed by atoms with E-state index in [-0.39, 0.29) is 18.9 Å². The number of hydrogen-bond acceptors (Lipinski definition) is 3. The molecule has 0 aromatic heterocycles. The van der Waals surface area contributed by atoms with Gasteiger partial charge < -0.3 is 10.2 Å². The van der Waals surface area contributed by atoms with Gasteiger partial charge in [0.25, 0.3) is 0 Å². The van der Waals surface area contributed by atoms with Crippen LogP contribution in [-0.2, 0) is 16.2 Å². The molecule has 0 heterocycles. The highest BCUT2D eigenvalue weighted by atomic mass is 35.5. The summed E-state index contributed by atoms with van der Waals surface area (Å²) >= 11 is 11.7. The summed E-state index contributed by atoms with van der Waals surface area (Å²) < 4.78 is 0. The van der Waals surface area contributed by atoms with Crippen LogP contribution in [0, 0.1) is 0 Å². The van der Waals surface area contributed by atoms with Gasteiger partial charge in [-0.2, -0.15) is 0 Å². The van der Waals surface area contributed by atoms with E-state index < -0.39 is 0 Å². The minimum atomic E-state index is -0.159. The van der Waals surface area contributed by atoms with E-state index in [4.69, 9.17) is 28.0 Å². The lowest BCUT2D eigenvalue weighted by Gasteiger charge is -2.03. The van der Waals surface area contributed by atoms with Gasteiger partial charge in [-0.15, -0.1) is 0 Å². The van der Waals surface area contributed by atoms with Crippen molar-refractivity contribution in [1.29, 1.82) is 0 Å². The Bertz CT molecular complexity index is 660. The second-order valence-corrected chi connectivity index (χ2v) is 5.24. The molecular formula is C16H14Cl2N2O2. The molecule has 0 bridgehead atoms. The Balaban J connectivity index is 1.71. The van der Waals surface area contributed by atoms with Crippen LogP contribution in [0.2, 0.25) is 10.0 Å². The Labute approximate surface area is 138 Å². The maximum Gasteiger partial charge on any atom is 0.229 e. The molecule has 0 fully saturated rings. The number of para-hydroxylation sites is 1. The fraction of sp³-hybridized carbons (Fsp3) is 0.125. The molecular weight excluding hydrogens is 323 g/mol. The molecule has 6 heteroatoms. The number of nitrogens with zero attached hydrogens (tertiary/aromatic N) is 1.